The molecule has 1 saturated heterocycles. The van der Waals surface area contributed by atoms with Crippen molar-refractivity contribution in [2.45, 2.75) is 6.54 Å². The number of hydrogen-bond donors (Lipinski definition) is 2. The maximum atomic E-state index is 11.9. The molecule has 122 valence electrons. The van der Waals surface area contributed by atoms with Gasteiger partial charge in [0.05, 0.1) is 5.00 Å². The summed E-state index contributed by atoms with van der Waals surface area (Å²) in [6, 6.07) is 11.7. The number of carbonyl (C=O) groups is 1. The molecule has 0 saturated carbocycles. The van der Waals surface area contributed by atoms with Gasteiger partial charge in [-0.1, -0.05) is 12.1 Å². The van der Waals surface area contributed by atoms with E-state index in [0.717, 1.165) is 43.4 Å². The van der Waals surface area contributed by atoms with Gasteiger partial charge in [-0.25, -0.2) is 4.79 Å². The number of benzene rings is 1. The fourth-order valence-corrected chi connectivity index (χ4v) is 3.19. The minimum atomic E-state index is -0.209. The van der Waals surface area contributed by atoms with Crippen molar-refractivity contribution in [1.29, 1.82) is 0 Å². The van der Waals surface area contributed by atoms with E-state index in [1.165, 1.54) is 16.9 Å². The molecule has 0 radical (unpaired) electrons. The van der Waals surface area contributed by atoms with Gasteiger partial charge in [0.1, 0.15) is 0 Å². The van der Waals surface area contributed by atoms with Gasteiger partial charge in [-0.2, -0.15) is 0 Å². The highest BCUT2D eigenvalue weighted by molar-refractivity contribution is 7.14. The van der Waals surface area contributed by atoms with Gasteiger partial charge < -0.3 is 10.2 Å². The van der Waals surface area contributed by atoms with Crippen molar-refractivity contribution in [1.82, 2.24) is 9.80 Å². The summed E-state index contributed by atoms with van der Waals surface area (Å²) < 4.78 is 0. The Morgan fingerprint density at radius 2 is 1.83 bits per heavy atom. The van der Waals surface area contributed by atoms with Crippen LogP contribution in [0.25, 0.3) is 0 Å². The van der Waals surface area contributed by atoms with Gasteiger partial charge in [0.25, 0.3) is 0 Å². The first-order valence-corrected chi connectivity index (χ1v) is 8.68. The van der Waals surface area contributed by atoms with Crippen molar-refractivity contribution in [3.8, 4) is 0 Å². The summed E-state index contributed by atoms with van der Waals surface area (Å²) in [4.78, 5) is 16.7. The molecule has 0 unspecified atom stereocenters. The van der Waals surface area contributed by atoms with Crippen molar-refractivity contribution in [3.05, 3.63) is 47.3 Å². The van der Waals surface area contributed by atoms with E-state index in [9.17, 15) is 4.79 Å². The van der Waals surface area contributed by atoms with Crippen molar-refractivity contribution in [3.63, 3.8) is 0 Å². The molecular formula is C17H22N4OS. The minimum Gasteiger partial charge on any atom is -0.308 e. The quantitative estimate of drug-likeness (QED) is 0.905. The first-order chi connectivity index (χ1) is 11.2. The Kier molecular flexibility index (Phi) is 5.27. The number of urea groups is 1. The zero-order valence-corrected chi connectivity index (χ0v) is 14.1. The van der Waals surface area contributed by atoms with E-state index < -0.39 is 0 Å². The molecule has 2 heterocycles. The van der Waals surface area contributed by atoms with Crippen molar-refractivity contribution >= 4 is 28.1 Å². The van der Waals surface area contributed by atoms with E-state index in [-0.39, 0.29) is 6.03 Å². The van der Waals surface area contributed by atoms with Crippen molar-refractivity contribution in [2.75, 3.05) is 43.9 Å². The minimum absolute atomic E-state index is 0.209. The Labute approximate surface area is 140 Å². The number of amides is 2. The molecule has 1 fully saturated rings. The molecule has 1 aliphatic heterocycles. The molecule has 1 aromatic heterocycles. The molecule has 0 spiro atoms. The monoisotopic (exact) mass is 330 g/mol. The van der Waals surface area contributed by atoms with Crippen LogP contribution >= 0.6 is 11.3 Å². The second-order valence-electron chi connectivity index (χ2n) is 5.83. The highest BCUT2D eigenvalue weighted by Crippen LogP contribution is 2.16. The van der Waals surface area contributed by atoms with E-state index in [1.54, 1.807) is 0 Å². The van der Waals surface area contributed by atoms with Crippen LogP contribution in [0.1, 0.15) is 5.56 Å². The van der Waals surface area contributed by atoms with Gasteiger partial charge in [-0.3, -0.25) is 10.2 Å². The molecule has 2 amide bonds. The topological polar surface area (TPSA) is 47.6 Å². The number of nitrogens with one attached hydrogen (secondary N) is 2. The predicted molar refractivity (Wildman–Crippen MR) is 96.2 cm³/mol. The number of piperazine rings is 1. The summed E-state index contributed by atoms with van der Waals surface area (Å²) in [6.45, 7) is 5.44. The van der Waals surface area contributed by atoms with Gasteiger partial charge in [-0.15, -0.1) is 11.3 Å². The highest BCUT2D eigenvalue weighted by atomic mass is 32.1. The van der Waals surface area contributed by atoms with Gasteiger partial charge in [-0.05, 0) is 42.3 Å². The molecule has 0 atom stereocenters. The van der Waals surface area contributed by atoms with Crippen molar-refractivity contribution < 1.29 is 4.79 Å². The van der Waals surface area contributed by atoms with E-state index in [4.69, 9.17) is 0 Å². The number of hydrogen-bond acceptors (Lipinski definition) is 4. The van der Waals surface area contributed by atoms with Gasteiger partial charge in [0.2, 0.25) is 0 Å². The molecule has 23 heavy (non-hydrogen) atoms. The highest BCUT2D eigenvalue weighted by Gasteiger charge is 2.13. The lowest BCUT2D eigenvalue weighted by atomic mass is 10.2. The zero-order chi connectivity index (χ0) is 16.1. The molecular weight excluding hydrogens is 308 g/mol. The molecule has 1 aliphatic rings. The Morgan fingerprint density at radius 3 is 2.48 bits per heavy atom. The molecule has 0 aliphatic carbocycles. The summed E-state index contributed by atoms with van der Waals surface area (Å²) in [7, 11) is 2.17. The Balaban J connectivity index is 1.49. The second kappa shape index (κ2) is 7.59. The number of rotatable bonds is 4. The third-order valence-corrected chi connectivity index (χ3v) is 4.76. The largest absolute Gasteiger partial charge is 0.324 e. The standard InChI is InChI=1S/C17H22N4OS/c1-20-8-10-21(11-9-20)13-14-4-6-15(7-5-14)18-17(22)19-16-3-2-12-23-16/h2-7,12H,8-11,13H2,1H3,(H2,18,19,22). The second-order valence-corrected chi connectivity index (χ2v) is 6.78. The normalized spacial score (nSPS) is 16.2. The summed E-state index contributed by atoms with van der Waals surface area (Å²) >= 11 is 1.50. The third kappa shape index (κ3) is 4.79. The van der Waals surface area contributed by atoms with Crippen LogP contribution in [0.15, 0.2) is 41.8 Å². The summed E-state index contributed by atoms with van der Waals surface area (Å²) in [5.74, 6) is 0. The van der Waals surface area contributed by atoms with Crippen LogP contribution in [0.5, 0.6) is 0 Å². The van der Waals surface area contributed by atoms with Gasteiger partial charge in [0.15, 0.2) is 0 Å². The van der Waals surface area contributed by atoms with Gasteiger partial charge in [0, 0.05) is 38.4 Å². The van der Waals surface area contributed by atoms with E-state index >= 15 is 0 Å². The Bertz CT molecular complexity index is 619. The maximum Gasteiger partial charge on any atom is 0.324 e. The Hall–Kier alpha value is -1.89. The van der Waals surface area contributed by atoms with E-state index in [1.807, 2.05) is 29.6 Å². The zero-order valence-electron chi connectivity index (χ0n) is 13.3. The predicted octanol–water partition coefficient (Wildman–Crippen LogP) is 3.14. The number of thiophene rings is 1. The van der Waals surface area contributed by atoms with Crippen LogP contribution in [0.4, 0.5) is 15.5 Å². The number of carbonyl (C=O) groups excluding carboxylic acids is 1. The fraction of sp³-hybridized carbons (Fsp3) is 0.353. The van der Waals surface area contributed by atoms with Gasteiger partial charge >= 0.3 is 6.03 Å². The SMILES string of the molecule is CN1CCN(Cc2ccc(NC(=O)Nc3cccs3)cc2)CC1. The molecule has 2 N–H and O–H groups in total. The van der Waals surface area contributed by atoms with E-state index in [2.05, 4.69) is 39.6 Å². The number of likely N-dealkylation sites (N-methyl/N-ethyl adjacent to an activating group) is 1. The van der Waals surface area contributed by atoms with Crippen LogP contribution in [0.3, 0.4) is 0 Å². The molecule has 1 aromatic carbocycles. The lowest BCUT2D eigenvalue weighted by Gasteiger charge is -2.32. The molecule has 0 bridgehead atoms. The van der Waals surface area contributed by atoms with Crippen LogP contribution < -0.4 is 10.6 Å². The summed E-state index contributed by atoms with van der Waals surface area (Å²) in [5, 5.41) is 8.44. The lowest BCUT2D eigenvalue weighted by molar-refractivity contribution is 0.148. The first-order valence-electron chi connectivity index (χ1n) is 7.80. The van der Waals surface area contributed by atoms with Crippen LogP contribution in [0, 0.1) is 0 Å². The molecule has 2 aromatic rings. The maximum absolute atomic E-state index is 11.9. The van der Waals surface area contributed by atoms with Crippen LogP contribution in [0.2, 0.25) is 0 Å². The van der Waals surface area contributed by atoms with E-state index in [0.29, 0.717) is 0 Å². The average Bonchev–Trinajstić information content (AvgIpc) is 3.04. The smallest absolute Gasteiger partial charge is 0.308 e. The number of nitrogens with zero attached hydrogens (tertiary/aromatic N) is 2. The van der Waals surface area contributed by atoms with Crippen LogP contribution in [-0.4, -0.2) is 49.1 Å². The van der Waals surface area contributed by atoms with Crippen LogP contribution in [-0.2, 0) is 6.54 Å². The molecule has 5 nitrogen and oxygen atoms in total. The lowest BCUT2D eigenvalue weighted by Crippen LogP contribution is -2.43. The number of anilines is 2. The summed E-state index contributed by atoms with van der Waals surface area (Å²) in [5.41, 5.74) is 2.08. The molecule has 6 heteroatoms. The average molecular weight is 330 g/mol. The Morgan fingerprint density at radius 1 is 1.09 bits per heavy atom. The molecule has 3 rings (SSSR count). The van der Waals surface area contributed by atoms with Crippen molar-refractivity contribution in [2.24, 2.45) is 0 Å². The first kappa shape index (κ1) is 16.0. The fourth-order valence-electron chi connectivity index (χ4n) is 2.58. The summed E-state index contributed by atoms with van der Waals surface area (Å²) in [6.07, 6.45) is 0. The third-order valence-electron chi connectivity index (χ3n) is 3.97.